The number of carbonyl (C=O) groups is 1. The Morgan fingerprint density at radius 1 is 1.24 bits per heavy atom. The van der Waals surface area contributed by atoms with Gasteiger partial charge in [0, 0.05) is 12.1 Å². The van der Waals surface area contributed by atoms with E-state index >= 15 is 0 Å². The van der Waals surface area contributed by atoms with E-state index in [0.717, 1.165) is 11.3 Å². The van der Waals surface area contributed by atoms with Crippen LogP contribution < -0.4 is 5.32 Å². The minimum atomic E-state index is -1.12. The van der Waals surface area contributed by atoms with Gasteiger partial charge >= 0.3 is 0 Å². The number of benzene rings is 2. The van der Waals surface area contributed by atoms with Gasteiger partial charge in [0.05, 0.1) is 11.7 Å². The summed E-state index contributed by atoms with van der Waals surface area (Å²) in [6, 6.07) is 7.93. The Morgan fingerprint density at radius 2 is 1.96 bits per heavy atom. The fourth-order valence-electron chi connectivity index (χ4n) is 2.39. The molecular formula is C17H14F2N4O2. The smallest absolute Gasteiger partial charge is 0.258 e. The van der Waals surface area contributed by atoms with Crippen molar-refractivity contribution >= 4 is 5.91 Å². The molecule has 0 aliphatic rings. The quantitative estimate of drug-likeness (QED) is 0.763. The molecule has 2 N–H and O–H groups in total. The second kappa shape index (κ2) is 6.68. The third-order valence-electron chi connectivity index (χ3n) is 3.69. The van der Waals surface area contributed by atoms with Crippen molar-refractivity contribution in [2.45, 2.75) is 13.0 Å². The molecule has 0 bridgehead atoms. The molecule has 128 valence electrons. The summed E-state index contributed by atoms with van der Waals surface area (Å²) in [5.74, 6) is -3.65. The van der Waals surface area contributed by atoms with Gasteiger partial charge in [0.25, 0.3) is 5.91 Å². The molecule has 2 aromatic carbocycles. The van der Waals surface area contributed by atoms with Crippen LogP contribution in [0.3, 0.4) is 0 Å². The van der Waals surface area contributed by atoms with Gasteiger partial charge < -0.3 is 10.4 Å². The van der Waals surface area contributed by atoms with Gasteiger partial charge in [-0.1, -0.05) is 12.1 Å². The number of aromatic nitrogens is 3. The maximum absolute atomic E-state index is 13.7. The molecule has 1 heterocycles. The number of carbonyl (C=O) groups excluding carboxylic acids is 1. The third kappa shape index (κ3) is 3.47. The highest BCUT2D eigenvalue weighted by atomic mass is 19.1. The van der Waals surface area contributed by atoms with Crippen molar-refractivity contribution < 1.29 is 18.7 Å². The van der Waals surface area contributed by atoms with Crippen molar-refractivity contribution in [3.8, 4) is 11.4 Å². The predicted octanol–water partition coefficient (Wildman–Crippen LogP) is 2.74. The molecule has 1 unspecified atom stereocenters. The topological polar surface area (TPSA) is 80.0 Å². The zero-order valence-electron chi connectivity index (χ0n) is 13.1. The largest absolute Gasteiger partial charge is 0.507 e. The highest BCUT2D eigenvalue weighted by Crippen LogP contribution is 2.23. The molecule has 25 heavy (non-hydrogen) atoms. The van der Waals surface area contributed by atoms with Crippen LogP contribution in [0.25, 0.3) is 5.69 Å². The molecule has 0 aliphatic heterocycles. The SMILES string of the molecule is CC(NC(=O)c1c(O)cc(F)cc1F)c1ccc(-n2cncn2)cc1. The van der Waals surface area contributed by atoms with E-state index < -0.39 is 34.9 Å². The zero-order chi connectivity index (χ0) is 18.0. The predicted molar refractivity (Wildman–Crippen MR) is 85.3 cm³/mol. The number of aromatic hydroxyl groups is 1. The van der Waals surface area contributed by atoms with Crippen LogP contribution in [0.2, 0.25) is 0 Å². The van der Waals surface area contributed by atoms with Crippen molar-refractivity contribution in [3.63, 3.8) is 0 Å². The summed E-state index contributed by atoms with van der Waals surface area (Å²) in [5, 5.41) is 16.2. The van der Waals surface area contributed by atoms with Crippen molar-refractivity contribution in [2.75, 3.05) is 0 Å². The molecular weight excluding hydrogens is 330 g/mol. The van der Waals surface area contributed by atoms with Crippen molar-refractivity contribution in [2.24, 2.45) is 0 Å². The van der Waals surface area contributed by atoms with Crippen LogP contribution in [0.15, 0.2) is 49.1 Å². The molecule has 0 radical (unpaired) electrons. The molecule has 0 fully saturated rings. The Kier molecular flexibility index (Phi) is 4.42. The second-order valence-electron chi connectivity index (χ2n) is 5.41. The van der Waals surface area contributed by atoms with Gasteiger partial charge in [-0.25, -0.2) is 18.4 Å². The van der Waals surface area contributed by atoms with Crippen LogP contribution in [0.5, 0.6) is 5.75 Å². The van der Waals surface area contributed by atoms with Gasteiger partial charge in [-0.05, 0) is 24.6 Å². The molecule has 1 amide bonds. The molecule has 6 nitrogen and oxygen atoms in total. The van der Waals surface area contributed by atoms with E-state index in [4.69, 9.17) is 0 Å². The van der Waals surface area contributed by atoms with Gasteiger partial charge in [-0.3, -0.25) is 4.79 Å². The number of nitrogens with zero attached hydrogens (tertiary/aromatic N) is 3. The maximum Gasteiger partial charge on any atom is 0.258 e. The first-order valence-corrected chi connectivity index (χ1v) is 7.39. The Morgan fingerprint density at radius 3 is 2.56 bits per heavy atom. The fraction of sp³-hybridized carbons (Fsp3) is 0.118. The lowest BCUT2D eigenvalue weighted by Gasteiger charge is -2.16. The van der Waals surface area contributed by atoms with E-state index in [1.807, 2.05) is 0 Å². The maximum atomic E-state index is 13.7. The minimum absolute atomic E-state index is 0.457. The average Bonchev–Trinajstić information content (AvgIpc) is 3.08. The van der Waals surface area contributed by atoms with Crippen LogP contribution in [-0.4, -0.2) is 25.8 Å². The molecule has 3 rings (SSSR count). The van der Waals surface area contributed by atoms with Crippen LogP contribution in [0.4, 0.5) is 8.78 Å². The monoisotopic (exact) mass is 344 g/mol. The lowest BCUT2D eigenvalue weighted by molar-refractivity contribution is 0.0932. The van der Waals surface area contributed by atoms with Gasteiger partial charge in [0.15, 0.2) is 0 Å². The number of halogens is 2. The Hall–Kier alpha value is -3.29. The highest BCUT2D eigenvalue weighted by Gasteiger charge is 2.20. The molecule has 8 heteroatoms. The number of rotatable bonds is 4. The molecule has 0 spiro atoms. The molecule has 1 aromatic heterocycles. The van der Waals surface area contributed by atoms with E-state index in [2.05, 4.69) is 15.4 Å². The van der Waals surface area contributed by atoms with E-state index in [-0.39, 0.29) is 0 Å². The van der Waals surface area contributed by atoms with Crippen LogP contribution in [-0.2, 0) is 0 Å². The number of nitrogens with one attached hydrogen (secondary N) is 1. The first-order valence-electron chi connectivity index (χ1n) is 7.39. The minimum Gasteiger partial charge on any atom is -0.507 e. The van der Waals surface area contributed by atoms with E-state index in [1.54, 1.807) is 42.2 Å². The number of amides is 1. The Bertz CT molecular complexity index is 873. The van der Waals surface area contributed by atoms with E-state index in [9.17, 15) is 18.7 Å². The summed E-state index contributed by atoms with van der Waals surface area (Å²) in [6.45, 7) is 1.71. The van der Waals surface area contributed by atoms with Gasteiger partial charge in [-0.15, -0.1) is 0 Å². The molecule has 3 aromatic rings. The first kappa shape index (κ1) is 16.6. The van der Waals surface area contributed by atoms with Crippen molar-refractivity contribution in [1.82, 2.24) is 20.1 Å². The summed E-state index contributed by atoms with van der Waals surface area (Å²) >= 11 is 0. The third-order valence-corrected chi connectivity index (χ3v) is 3.69. The standard InChI is InChI=1S/C17H14F2N4O2/c1-10(11-2-4-13(5-3-11)23-9-20-8-21-23)22-17(25)16-14(19)6-12(18)7-15(16)24/h2-10,24H,1H3,(H,22,25). The summed E-state index contributed by atoms with van der Waals surface area (Å²) in [4.78, 5) is 16.0. The lowest BCUT2D eigenvalue weighted by atomic mass is 10.1. The highest BCUT2D eigenvalue weighted by molar-refractivity contribution is 5.97. The van der Waals surface area contributed by atoms with Gasteiger partial charge in [0.2, 0.25) is 0 Å². The van der Waals surface area contributed by atoms with E-state index in [0.29, 0.717) is 12.1 Å². The van der Waals surface area contributed by atoms with E-state index in [1.165, 1.54) is 6.33 Å². The van der Waals surface area contributed by atoms with Crippen LogP contribution >= 0.6 is 0 Å². The number of hydrogen-bond donors (Lipinski definition) is 2. The van der Waals surface area contributed by atoms with Crippen LogP contribution in [0, 0.1) is 11.6 Å². The Balaban J connectivity index is 1.76. The fourth-order valence-corrected chi connectivity index (χ4v) is 2.39. The molecule has 0 aliphatic carbocycles. The number of phenols is 1. The normalized spacial score (nSPS) is 12.0. The van der Waals surface area contributed by atoms with Crippen molar-refractivity contribution in [3.05, 3.63) is 71.8 Å². The average molecular weight is 344 g/mol. The van der Waals surface area contributed by atoms with Gasteiger partial charge in [0.1, 0.15) is 35.6 Å². The molecule has 1 atom stereocenters. The Labute approximate surface area is 141 Å². The van der Waals surface area contributed by atoms with Crippen molar-refractivity contribution in [1.29, 1.82) is 0 Å². The zero-order valence-corrected chi connectivity index (χ0v) is 13.1. The molecule has 0 saturated heterocycles. The summed E-state index contributed by atoms with van der Waals surface area (Å²) in [5.41, 5.74) is 0.966. The van der Waals surface area contributed by atoms with Gasteiger partial charge in [-0.2, -0.15) is 5.10 Å². The lowest BCUT2D eigenvalue weighted by Crippen LogP contribution is -2.27. The van der Waals surface area contributed by atoms with Crippen LogP contribution in [0.1, 0.15) is 28.9 Å². The number of phenolic OH excluding ortho intramolecular Hbond substituents is 1. The number of hydrogen-bond acceptors (Lipinski definition) is 4. The molecule has 0 saturated carbocycles. The summed E-state index contributed by atoms with van der Waals surface area (Å²) < 4.78 is 28.3. The summed E-state index contributed by atoms with van der Waals surface area (Å²) in [6.07, 6.45) is 2.97. The first-order chi connectivity index (χ1) is 12.0. The summed E-state index contributed by atoms with van der Waals surface area (Å²) in [7, 11) is 0. The second-order valence-corrected chi connectivity index (χ2v) is 5.41.